The van der Waals surface area contributed by atoms with Gasteiger partial charge in [-0.15, -0.1) is 0 Å². The Labute approximate surface area is 83.4 Å². The number of hydrogen-bond acceptors (Lipinski definition) is 3. The molecule has 0 aliphatic heterocycles. The molecule has 0 saturated carbocycles. The van der Waals surface area contributed by atoms with E-state index in [4.69, 9.17) is 4.42 Å². The number of carbonyl (C=O) groups excluding carboxylic acids is 1. The van der Waals surface area contributed by atoms with Gasteiger partial charge in [-0.05, 0) is 12.1 Å². The summed E-state index contributed by atoms with van der Waals surface area (Å²) in [6.07, 6.45) is 2.44. The molecule has 0 unspecified atom stereocenters. The van der Waals surface area contributed by atoms with Crippen LogP contribution in [0.5, 0.6) is 0 Å². The Kier molecular flexibility index (Phi) is 2.29. The van der Waals surface area contributed by atoms with E-state index >= 15 is 0 Å². The van der Waals surface area contributed by atoms with Crippen molar-refractivity contribution in [2.75, 3.05) is 0 Å². The number of benzene rings is 1. The standard InChI is InChI=1S/C10H5F2NO2/c11-7-3-1-2-6(8(7)12)9(14)10-13-4-5-15-10/h1-5H. The van der Waals surface area contributed by atoms with Gasteiger partial charge in [-0.3, -0.25) is 4.79 Å². The maximum absolute atomic E-state index is 13.2. The van der Waals surface area contributed by atoms with Crippen LogP contribution in [0.25, 0.3) is 0 Å². The number of halogens is 2. The van der Waals surface area contributed by atoms with E-state index in [0.717, 1.165) is 6.07 Å². The molecule has 2 aromatic rings. The predicted octanol–water partition coefficient (Wildman–Crippen LogP) is 2.18. The Morgan fingerprint density at radius 2 is 2.13 bits per heavy atom. The monoisotopic (exact) mass is 209 g/mol. The summed E-state index contributed by atoms with van der Waals surface area (Å²) in [7, 11) is 0. The molecule has 1 aromatic heterocycles. The van der Waals surface area contributed by atoms with Gasteiger partial charge in [0.15, 0.2) is 11.6 Å². The van der Waals surface area contributed by atoms with Crippen molar-refractivity contribution in [3.8, 4) is 0 Å². The molecule has 0 bridgehead atoms. The average molecular weight is 209 g/mol. The zero-order chi connectivity index (χ0) is 10.8. The van der Waals surface area contributed by atoms with E-state index in [-0.39, 0.29) is 5.89 Å². The predicted molar refractivity (Wildman–Crippen MR) is 46.3 cm³/mol. The van der Waals surface area contributed by atoms with Gasteiger partial charge < -0.3 is 4.42 Å². The van der Waals surface area contributed by atoms with Crippen molar-refractivity contribution < 1.29 is 18.0 Å². The van der Waals surface area contributed by atoms with E-state index in [1.165, 1.54) is 24.6 Å². The molecule has 0 N–H and O–H groups in total. The number of rotatable bonds is 2. The van der Waals surface area contributed by atoms with Gasteiger partial charge in [0.2, 0.25) is 0 Å². The first-order chi connectivity index (χ1) is 7.20. The summed E-state index contributed by atoms with van der Waals surface area (Å²) in [5.41, 5.74) is -0.391. The van der Waals surface area contributed by atoms with E-state index < -0.39 is 23.0 Å². The van der Waals surface area contributed by atoms with Crippen molar-refractivity contribution in [2.24, 2.45) is 0 Å². The molecule has 1 aromatic carbocycles. The van der Waals surface area contributed by atoms with E-state index in [1.54, 1.807) is 0 Å². The number of aromatic nitrogens is 1. The third kappa shape index (κ3) is 1.63. The van der Waals surface area contributed by atoms with Crippen molar-refractivity contribution in [2.45, 2.75) is 0 Å². The molecule has 0 atom stereocenters. The van der Waals surface area contributed by atoms with Gasteiger partial charge >= 0.3 is 0 Å². The molecule has 0 aliphatic carbocycles. The Balaban J connectivity index is 2.47. The lowest BCUT2D eigenvalue weighted by Gasteiger charge is -1.99. The summed E-state index contributed by atoms with van der Waals surface area (Å²) < 4.78 is 30.7. The zero-order valence-electron chi connectivity index (χ0n) is 7.41. The van der Waals surface area contributed by atoms with Crippen LogP contribution in [-0.4, -0.2) is 10.8 Å². The summed E-state index contributed by atoms with van der Waals surface area (Å²) in [6, 6.07) is 3.35. The SMILES string of the molecule is O=C(c1ncco1)c1cccc(F)c1F. The quantitative estimate of drug-likeness (QED) is 0.712. The molecular weight excluding hydrogens is 204 g/mol. The second kappa shape index (κ2) is 3.61. The number of carbonyl (C=O) groups is 1. The van der Waals surface area contributed by atoms with Crippen molar-refractivity contribution in [1.29, 1.82) is 0 Å². The molecule has 0 radical (unpaired) electrons. The lowest BCUT2D eigenvalue weighted by molar-refractivity contribution is 0.0998. The van der Waals surface area contributed by atoms with E-state index in [2.05, 4.69) is 4.98 Å². The first-order valence-electron chi connectivity index (χ1n) is 4.08. The molecule has 5 heteroatoms. The Morgan fingerprint density at radius 1 is 1.33 bits per heavy atom. The number of ketones is 1. The average Bonchev–Trinajstić information content (AvgIpc) is 2.74. The molecule has 0 saturated heterocycles. The maximum atomic E-state index is 13.2. The summed E-state index contributed by atoms with van der Waals surface area (Å²) in [6.45, 7) is 0. The summed E-state index contributed by atoms with van der Waals surface area (Å²) in [5, 5.41) is 0. The van der Waals surface area contributed by atoms with Gasteiger partial charge in [-0.1, -0.05) is 6.07 Å². The lowest BCUT2D eigenvalue weighted by atomic mass is 10.1. The molecule has 1 heterocycles. The van der Waals surface area contributed by atoms with Gasteiger partial charge in [-0.25, -0.2) is 13.8 Å². The Bertz CT molecular complexity index is 494. The molecule has 0 fully saturated rings. The maximum Gasteiger partial charge on any atom is 0.268 e. The van der Waals surface area contributed by atoms with E-state index in [1.807, 2.05) is 0 Å². The second-order valence-corrected chi connectivity index (χ2v) is 2.77. The van der Waals surface area contributed by atoms with Crippen LogP contribution in [0, 0.1) is 11.6 Å². The number of nitrogens with zero attached hydrogens (tertiary/aromatic N) is 1. The fraction of sp³-hybridized carbons (Fsp3) is 0. The highest BCUT2D eigenvalue weighted by Crippen LogP contribution is 2.14. The van der Waals surface area contributed by atoms with Crippen LogP contribution >= 0.6 is 0 Å². The van der Waals surface area contributed by atoms with E-state index in [0.29, 0.717) is 0 Å². The minimum absolute atomic E-state index is 0.264. The Hall–Kier alpha value is -2.04. The zero-order valence-corrected chi connectivity index (χ0v) is 7.41. The molecule has 76 valence electrons. The number of oxazole rings is 1. The summed E-state index contributed by atoms with van der Waals surface area (Å²) in [4.78, 5) is 15.1. The fourth-order valence-electron chi connectivity index (χ4n) is 1.13. The highest BCUT2D eigenvalue weighted by atomic mass is 19.2. The van der Waals surface area contributed by atoms with E-state index in [9.17, 15) is 13.6 Å². The first kappa shape index (κ1) is 9.51. The van der Waals surface area contributed by atoms with Crippen LogP contribution in [-0.2, 0) is 0 Å². The highest BCUT2D eigenvalue weighted by molar-refractivity contribution is 6.06. The molecule has 3 nitrogen and oxygen atoms in total. The summed E-state index contributed by atoms with van der Waals surface area (Å²) >= 11 is 0. The molecule has 0 aliphatic rings. The fourth-order valence-corrected chi connectivity index (χ4v) is 1.13. The lowest BCUT2D eigenvalue weighted by Crippen LogP contribution is -2.05. The Morgan fingerprint density at radius 3 is 2.80 bits per heavy atom. The van der Waals surface area contributed by atoms with Gasteiger partial charge in [0.05, 0.1) is 11.8 Å². The van der Waals surface area contributed by atoms with Crippen LogP contribution in [0.2, 0.25) is 0 Å². The van der Waals surface area contributed by atoms with Gasteiger partial charge in [-0.2, -0.15) is 0 Å². The third-order valence-electron chi connectivity index (χ3n) is 1.82. The van der Waals surface area contributed by atoms with Crippen LogP contribution in [0.1, 0.15) is 16.2 Å². The largest absolute Gasteiger partial charge is 0.442 e. The van der Waals surface area contributed by atoms with Gasteiger partial charge in [0.25, 0.3) is 11.7 Å². The molecular formula is C10H5F2NO2. The molecule has 0 amide bonds. The van der Waals surface area contributed by atoms with Gasteiger partial charge in [0.1, 0.15) is 6.26 Å². The third-order valence-corrected chi connectivity index (χ3v) is 1.82. The first-order valence-corrected chi connectivity index (χ1v) is 4.08. The minimum Gasteiger partial charge on any atom is -0.442 e. The van der Waals surface area contributed by atoms with Gasteiger partial charge in [0, 0.05) is 0 Å². The summed E-state index contributed by atoms with van der Waals surface area (Å²) in [5.74, 6) is -3.32. The molecule has 2 rings (SSSR count). The van der Waals surface area contributed by atoms with Crippen LogP contribution in [0.4, 0.5) is 8.78 Å². The van der Waals surface area contributed by atoms with Crippen LogP contribution in [0.15, 0.2) is 35.1 Å². The van der Waals surface area contributed by atoms with Crippen LogP contribution < -0.4 is 0 Å². The highest BCUT2D eigenvalue weighted by Gasteiger charge is 2.19. The van der Waals surface area contributed by atoms with Crippen molar-refractivity contribution in [3.63, 3.8) is 0 Å². The smallest absolute Gasteiger partial charge is 0.268 e. The molecule has 0 spiro atoms. The van der Waals surface area contributed by atoms with Crippen molar-refractivity contribution >= 4 is 5.78 Å². The second-order valence-electron chi connectivity index (χ2n) is 2.77. The normalized spacial score (nSPS) is 10.3. The minimum atomic E-state index is -1.19. The van der Waals surface area contributed by atoms with Crippen molar-refractivity contribution in [1.82, 2.24) is 4.98 Å². The topological polar surface area (TPSA) is 43.1 Å². The molecule has 15 heavy (non-hydrogen) atoms. The van der Waals surface area contributed by atoms with Crippen molar-refractivity contribution in [3.05, 3.63) is 53.7 Å². The number of hydrogen-bond donors (Lipinski definition) is 0. The van der Waals surface area contributed by atoms with Crippen LogP contribution in [0.3, 0.4) is 0 Å².